The number of piperidine rings is 1. The first kappa shape index (κ1) is 19.3. The summed E-state index contributed by atoms with van der Waals surface area (Å²) in [5, 5.41) is 9.72. The summed E-state index contributed by atoms with van der Waals surface area (Å²) in [4.78, 5) is 18.1. The highest BCUT2D eigenvalue weighted by molar-refractivity contribution is 5.86. The molecule has 0 unspecified atom stereocenters. The molecule has 1 aliphatic heterocycles. The first-order valence-electron chi connectivity index (χ1n) is 8.82. The molecule has 0 spiro atoms. The van der Waals surface area contributed by atoms with Crippen LogP contribution >= 0.6 is 12.4 Å². The zero-order valence-corrected chi connectivity index (χ0v) is 16.2. The van der Waals surface area contributed by atoms with Crippen LogP contribution in [0.5, 0.6) is 0 Å². The number of fused-ring (bicyclic) bond motifs is 1. The minimum atomic E-state index is -0.00515. The number of carbonyl (C=O) groups excluding carboxylic acids is 1. The lowest BCUT2D eigenvalue weighted by atomic mass is 9.96. The number of aromatic nitrogens is 4. The third kappa shape index (κ3) is 3.54. The summed E-state index contributed by atoms with van der Waals surface area (Å²) >= 11 is 0. The van der Waals surface area contributed by atoms with Crippen LogP contribution in [0.3, 0.4) is 0 Å². The molecule has 0 bridgehead atoms. The van der Waals surface area contributed by atoms with E-state index < -0.39 is 0 Å². The van der Waals surface area contributed by atoms with Crippen LogP contribution < -0.4 is 5.73 Å². The van der Waals surface area contributed by atoms with Gasteiger partial charge in [-0.1, -0.05) is 17.3 Å². The molecule has 4 rings (SSSR count). The molecule has 3 heterocycles. The molecule has 1 amide bonds. The largest absolute Gasteiger partial charge is 0.342 e. The van der Waals surface area contributed by atoms with E-state index in [4.69, 9.17) is 10.3 Å². The van der Waals surface area contributed by atoms with E-state index in [1.807, 2.05) is 36.9 Å². The summed E-state index contributed by atoms with van der Waals surface area (Å²) in [6, 6.07) is 6.07. The van der Waals surface area contributed by atoms with Crippen molar-refractivity contribution in [2.75, 3.05) is 19.6 Å². The normalized spacial score (nSPS) is 15.1. The molecule has 3 aromatic rings. The minimum absolute atomic E-state index is 0. The van der Waals surface area contributed by atoms with E-state index in [1.54, 1.807) is 4.90 Å². The summed E-state index contributed by atoms with van der Waals surface area (Å²) in [5.74, 6) is 1.40. The van der Waals surface area contributed by atoms with Gasteiger partial charge in [0.2, 0.25) is 17.6 Å². The lowest BCUT2D eigenvalue weighted by Crippen LogP contribution is -2.41. The maximum atomic E-state index is 11.7. The molecule has 9 heteroatoms. The van der Waals surface area contributed by atoms with Crippen molar-refractivity contribution in [1.82, 2.24) is 24.8 Å². The summed E-state index contributed by atoms with van der Waals surface area (Å²) < 4.78 is 7.38. The van der Waals surface area contributed by atoms with Crippen LogP contribution in [0.25, 0.3) is 22.3 Å². The second-order valence-corrected chi connectivity index (χ2v) is 6.76. The molecule has 0 atom stereocenters. The highest BCUT2D eigenvalue weighted by Gasteiger charge is 2.27. The Hall–Kier alpha value is -2.45. The first-order chi connectivity index (χ1) is 12.6. The standard InChI is InChI=1S/C18H22N6O2.ClH/c1-11-14-4-3-13(9-15(14)23(2)21-11)17-20-18(26-22-17)12-5-7-24(8-6-12)16(25)10-19;/h3-4,9,12H,5-8,10,19H2,1-2H3;1H. The van der Waals surface area contributed by atoms with E-state index in [0.717, 1.165) is 35.0 Å². The van der Waals surface area contributed by atoms with Gasteiger partial charge in [-0.15, -0.1) is 12.4 Å². The molecule has 1 fully saturated rings. The number of amides is 1. The van der Waals surface area contributed by atoms with E-state index in [-0.39, 0.29) is 30.8 Å². The fourth-order valence-electron chi connectivity index (χ4n) is 3.60. The third-order valence-corrected chi connectivity index (χ3v) is 5.11. The topological polar surface area (TPSA) is 103 Å². The van der Waals surface area contributed by atoms with Crippen LogP contribution in [0.1, 0.15) is 30.3 Å². The zero-order valence-electron chi connectivity index (χ0n) is 15.4. The van der Waals surface area contributed by atoms with Crippen molar-refractivity contribution in [2.45, 2.75) is 25.7 Å². The molecule has 1 aromatic carbocycles. The van der Waals surface area contributed by atoms with Gasteiger partial charge in [-0.3, -0.25) is 9.48 Å². The maximum Gasteiger partial charge on any atom is 0.236 e. The Balaban J connectivity index is 0.00000210. The molecule has 144 valence electrons. The number of rotatable bonds is 3. The van der Waals surface area contributed by atoms with Gasteiger partial charge in [-0.2, -0.15) is 10.1 Å². The van der Waals surface area contributed by atoms with E-state index in [0.29, 0.717) is 24.8 Å². The van der Waals surface area contributed by atoms with Crippen molar-refractivity contribution in [2.24, 2.45) is 12.8 Å². The number of nitrogens with two attached hydrogens (primary N) is 1. The third-order valence-electron chi connectivity index (χ3n) is 5.11. The number of carbonyl (C=O) groups is 1. The lowest BCUT2D eigenvalue weighted by molar-refractivity contribution is -0.130. The highest BCUT2D eigenvalue weighted by atomic mass is 35.5. The first-order valence-corrected chi connectivity index (χ1v) is 8.82. The van der Waals surface area contributed by atoms with Crippen LogP contribution in [0.4, 0.5) is 0 Å². The summed E-state index contributed by atoms with van der Waals surface area (Å²) in [7, 11) is 1.93. The van der Waals surface area contributed by atoms with Crippen LogP contribution in [-0.2, 0) is 11.8 Å². The van der Waals surface area contributed by atoms with Gasteiger partial charge in [0.05, 0.1) is 17.8 Å². The smallest absolute Gasteiger partial charge is 0.236 e. The van der Waals surface area contributed by atoms with Gasteiger partial charge in [0.1, 0.15) is 0 Å². The van der Waals surface area contributed by atoms with Crippen LogP contribution in [0.2, 0.25) is 0 Å². The molecule has 1 saturated heterocycles. The average molecular weight is 391 g/mol. The van der Waals surface area contributed by atoms with Crippen LogP contribution in [0, 0.1) is 6.92 Å². The lowest BCUT2D eigenvalue weighted by Gasteiger charge is -2.30. The Morgan fingerprint density at radius 3 is 2.78 bits per heavy atom. The molecule has 1 aliphatic rings. The number of benzene rings is 1. The van der Waals surface area contributed by atoms with Gasteiger partial charge in [0.25, 0.3) is 0 Å². The Labute approximate surface area is 163 Å². The highest BCUT2D eigenvalue weighted by Crippen LogP contribution is 2.29. The second-order valence-electron chi connectivity index (χ2n) is 6.76. The van der Waals surface area contributed by atoms with Crippen LogP contribution in [-0.4, -0.2) is 50.4 Å². The van der Waals surface area contributed by atoms with Crippen molar-refractivity contribution in [3.63, 3.8) is 0 Å². The van der Waals surface area contributed by atoms with Crippen molar-refractivity contribution >= 4 is 29.2 Å². The Kier molecular flexibility index (Phi) is 5.48. The van der Waals surface area contributed by atoms with E-state index in [1.165, 1.54) is 0 Å². The second kappa shape index (κ2) is 7.66. The van der Waals surface area contributed by atoms with E-state index in [9.17, 15) is 4.79 Å². The Morgan fingerprint density at radius 1 is 1.33 bits per heavy atom. The van der Waals surface area contributed by atoms with Crippen molar-refractivity contribution in [3.8, 4) is 11.4 Å². The summed E-state index contributed by atoms with van der Waals surface area (Å²) in [6.45, 7) is 3.42. The fourth-order valence-corrected chi connectivity index (χ4v) is 3.60. The maximum absolute atomic E-state index is 11.7. The Bertz CT molecular complexity index is 958. The fraction of sp³-hybridized carbons (Fsp3) is 0.444. The SMILES string of the molecule is Cc1nn(C)c2cc(-c3noc(C4CCN(C(=O)CN)CC4)n3)ccc12.Cl. The summed E-state index contributed by atoms with van der Waals surface area (Å²) in [6.07, 6.45) is 1.63. The number of aryl methyl sites for hydroxylation is 2. The van der Waals surface area contributed by atoms with Crippen molar-refractivity contribution in [3.05, 3.63) is 29.8 Å². The number of hydrogen-bond donors (Lipinski definition) is 1. The molecule has 0 radical (unpaired) electrons. The predicted molar refractivity (Wildman–Crippen MR) is 104 cm³/mol. The zero-order chi connectivity index (χ0) is 18.3. The minimum Gasteiger partial charge on any atom is -0.342 e. The number of hydrogen-bond acceptors (Lipinski definition) is 6. The molecule has 0 saturated carbocycles. The van der Waals surface area contributed by atoms with Crippen LogP contribution in [0.15, 0.2) is 22.7 Å². The Morgan fingerprint density at radius 2 is 2.07 bits per heavy atom. The molecular formula is C18H23ClN6O2. The predicted octanol–water partition coefficient (Wildman–Crippen LogP) is 2.02. The molecule has 0 aliphatic carbocycles. The van der Waals surface area contributed by atoms with Crippen molar-refractivity contribution < 1.29 is 9.32 Å². The number of likely N-dealkylation sites (tertiary alicyclic amines) is 1. The molecule has 8 nitrogen and oxygen atoms in total. The van der Waals surface area contributed by atoms with Gasteiger partial charge in [-0.25, -0.2) is 0 Å². The van der Waals surface area contributed by atoms with Gasteiger partial charge in [-0.05, 0) is 25.8 Å². The number of halogens is 1. The monoisotopic (exact) mass is 390 g/mol. The molecule has 2 aromatic heterocycles. The van der Waals surface area contributed by atoms with E-state index in [2.05, 4.69) is 15.2 Å². The van der Waals surface area contributed by atoms with Gasteiger partial charge in [0.15, 0.2) is 0 Å². The molecule has 2 N–H and O–H groups in total. The van der Waals surface area contributed by atoms with Gasteiger partial charge < -0.3 is 15.2 Å². The molecular weight excluding hydrogens is 368 g/mol. The van der Waals surface area contributed by atoms with E-state index >= 15 is 0 Å². The van der Waals surface area contributed by atoms with Gasteiger partial charge >= 0.3 is 0 Å². The van der Waals surface area contributed by atoms with Gasteiger partial charge in [0, 0.05) is 37.0 Å². The average Bonchev–Trinajstić information content (AvgIpc) is 3.26. The molecule has 27 heavy (non-hydrogen) atoms. The summed E-state index contributed by atoms with van der Waals surface area (Å²) in [5.41, 5.74) is 8.38. The van der Waals surface area contributed by atoms with Crippen molar-refractivity contribution in [1.29, 1.82) is 0 Å². The quantitative estimate of drug-likeness (QED) is 0.733. The number of nitrogens with zero attached hydrogens (tertiary/aromatic N) is 5.